The molecule has 3 fully saturated rings. The summed E-state index contributed by atoms with van der Waals surface area (Å²) in [6, 6.07) is 18.5. The standard InChI is InChI=1S/C33H24ClN3O7/c34-25-6-2-5-23-24(33(41)44-16-27(38)18-3-1-4-22(14-18)37(42)43)15-26(35-30(23)25)17-9-11-21(12-10-17)36-31(39)28-19-7-8-20(13-19)29(28)32(36)40/h1-6,9-12,14-15,19-20,28-29H,7-8,13,16H2. The third kappa shape index (κ3) is 4.53. The molecule has 0 radical (unpaired) electrons. The van der Waals surface area contributed by atoms with E-state index >= 15 is 0 Å². The number of halogens is 1. The average Bonchev–Trinajstić information content (AvgIpc) is 3.73. The minimum absolute atomic E-state index is 0.0432. The van der Waals surface area contributed by atoms with Crippen molar-refractivity contribution in [2.75, 3.05) is 11.5 Å². The second kappa shape index (κ2) is 10.6. The van der Waals surface area contributed by atoms with E-state index in [-0.39, 0.29) is 52.3 Å². The van der Waals surface area contributed by atoms with Gasteiger partial charge in [0.1, 0.15) is 0 Å². The summed E-state index contributed by atoms with van der Waals surface area (Å²) in [5.41, 5.74) is 1.76. The number of benzene rings is 3. The van der Waals surface area contributed by atoms with Crippen molar-refractivity contribution < 1.29 is 28.8 Å². The van der Waals surface area contributed by atoms with Crippen LogP contribution in [-0.2, 0) is 14.3 Å². The summed E-state index contributed by atoms with van der Waals surface area (Å²) in [5, 5.41) is 11.8. The molecule has 44 heavy (non-hydrogen) atoms. The summed E-state index contributed by atoms with van der Waals surface area (Å²) in [5.74, 6) is -1.51. The molecule has 4 aromatic rings. The van der Waals surface area contributed by atoms with E-state index in [1.54, 1.807) is 42.5 Å². The second-order valence-electron chi connectivity index (χ2n) is 11.4. The number of Topliss-reactive ketones (excluding diaryl/α,β-unsaturated/α-hetero) is 1. The Morgan fingerprint density at radius 3 is 2.32 bits per heavy atom. The lowest BCUT2D eigenvalue weighted by molar-refractivity contribution is -0.384. The van der Waals surface area contributed by atoms with Crippen LogP contribution in [0.25, 0.3) is 22.2 Å². The molecule has 2 aliphatic carbocycles. The van der Waals surface area contributed by atoms with Crippen molar-refractivity contribution in [3.63, 3.8) is 0 Å². The number of hydrogen-bond donors (Lipinski definition) is 0. The highest BCUT2D eigenvalue weighted by Crippen LogP contribution is 2.56. The minimum atomic E-state index is -0.800. The minimum Gasteiger partial charge on any atom is -0.454 e. The number of fused-ring (bicyclic) bond motifs is 6. The third-order valence-corrected chi connectivity index (χ3v) is 9.38. The Balaban J connectivity index is 1.16. The fraction of sp³-hybridized carbons (Fsp3) is 0.242. The van der Waals surface area contributed by atoms with Crippen molar-refractivity contribution in [1.29, 1.82) is 0 Å². The molecule has 3 aliphatic rings. The number of nitrogens with zero attached hydrogens (tertiary/aromatic N) is 3. The number of ether oxygens (including phenoxy) is 1. The van der Waals surface area contributed by atoms with Gasteiger partial charge in [0.05, 0.1) is 44.2 Å². The average molecular weight is 610 g/mol. The van der Waals surface area contributed by atoms with Crippen LogP contribution >= 0.6 is 11.6 Å². The molecule has 2 heterocycles. The highest BCUT2D eigenvalue weighted by molar-refractivity contribution is 6.35. The zero-order chi connectivity index (χ0) is 30.7. The number of amides is 2. The molecule has 3 aromatic carbocycles. The second-order valence-corrected chi connectivity index (χ2v) is 11.8. The van der Waals surface area contributed by atoms with E-state index in [0.29, 0.717) is 32.9 Å². The van der Waals surface area contributed by atoms with Gasteiger partial charge in [-0.1, -0.05) is 48.0 Å². The number of rotatable bonds is 7. The smallest absolute Gasteiger partial charge is 0.339 e. The molecule has 0 N–H and O–H groups in total. The Bertz CT molecular complexity index is 1880. The summed E-state index contributed by atoms with van der Waals surface area (Å²) < 4.78 is 5.34. The van der Waals surface area contributed by atoms with Crippen molar-refractivity contribution in [3.8, 4) is 11.3 Å². The van der Waals surface area contributed by atoms with Crippen molar-refractivity contribution in [3.05, 3.63) is 99.1 Å². The molecule has 2 bridgehead atoms. The lowest BCUT2D eigenvalue weighted by Gasteiger charge is -2.19. The fourth-order valence-electron chi connectivity index (χ4n) is 7.06. The number of pyridine rings is 1. The van der Waals surface area contributed by atoms with Crippen molar-refractivity contribution in [2.24, 2.45) is 23.7 Å². The summed E-state index contributed by atoms with van der Waals surface area (Å²) in [4.78, 5) is 68.9. The monoisotopic (exact) mass is 609 g/mol. The van der Waals surface area contributed by atoms with Crippen LogP contribution in [0.3, 0.4) is 0 Å². The molecule has 7 rings (SSSR count). The maximum Gasteiger partial charge on any atom is 0.339 e. The molecule has 1 aromatic heterocycles. The van der Waals surface area contributed by atoms with Gasteiger partial charge in [0.15, 0.2) is 6.61 Å². The number of anilines is 1. The van der Waals surface area contributed by atoms with Gasteiger partial charge in [0, 0.05) is 28.6 Å². The van der Waals surface area contributed by atoms with Gasteiger partial charge in [-0.05, 0) is 55.4 Å². The van der Waals surface area contributed by atoms with Gasteiger partial charge in [0.2, 0.25) is 17.6 Å². The van der Waals surface area contributed by atoms with Crippen molar-refractivity contribution >= 4 is 57.4 Å². The Labute approximate surface area is 255 Å². The predicted molar refractivity (Wildman–Crippen MR) is 160 cm³/mol. The number of hydrogen-bond acceptors (Lipinski definition) is 8. The molecule has 10 nitrogen and oxygen atoms in total. The van der Waals surface area contributed by atoms with E-state index in [1.807, 2.05) is 0 Å². The number of carbonyl (C=O) groups excluding carboxylic acids is 4. The highest BCUT2D eigenvalue weighted by Gasteiger charge is 2.61. The summed E-state index contributed by atoms with van der Waals surface area (Å²) in [7, 11) is 0. The summed E-state index contributed by atoms with van der Waals surface area (Å²) >= 11 is 6.45. The van der Waals surface area contributed by atoms with Gasteiger partial charge in [-0.3, -0.25) is 29.4 Å². The van der Waals surface area contributed by atoms with Gasteiger partial charge < -0.3 is 4.74 Å². The number of carbonyl (C=O) groups is 4. The molecule has 11 heteroatoms. The van der Waals surface area contributed by atoms with E-state index < -0.39 is 23.3 Å². The lowest BCUT2D eigenvalue weighted by atomic mass is 9.81. The van der Waals surface area contributed by atoms with Crippen LogP contribution in [0.15, 0.2) is 72.8 Å². The van der Waals surface area contributed by atoms with E-state index in [4.69, 9.17) is 16.3 Å². The van der Waals surface area contributed by atoms with Gasteiger partial charge in [-0.15, -0.1) is 0 Å². The van der Waals surface area contributed by atoms with Crippen LogP contribution in [0, 0.1) is 33.8 Å². The molecule has 1 aliphatic heterocycles. The zero-order valence-corrected chi connectivity index (χ0v) is 23.9. The largest absolute Gasteiger partial charge is 0.454 e. The number of ketones is 1. The molecule has 1 saturated heterocycles. The Hall–Kier alpha value is -4.96. The summed E-state index contributed by atoms with van der Waals surface area (Å²) in [6.45, 7) is -0.629. The quantitative estimate of drug-likeness (QED) is 0.0813. The van der Waals surface area contributed by atoms with E-state index in [1.165, 1.54) is 29.2 Å². The lowest BCUT2D eigenvalue weighted by Crippen LogP contribution is -2.32. The first-order valence-electron chi connectivity index (χ1n) is 14.2. The number of imide groups is 1. The molecular formula is C33H24ClN3O7. The highest BCUT2D eigenvalue weighted by atomic mass is 35.5. The first-order chi connectivity index (χ1) is 21.2. The molecule has 220 valence electrons. The van der Waals surface area contributed by atoms with Crippen LogP contribution in [0.4, 0.5) is 11.4 Å². The maximum atomic E-state index is 13.3. The van der Waals surface area contributed by atoms with Gasteiger partial charge in [0.25, 0.3) is 5.69 Å². The van der Waals surface area contributed by atoms with Crippen LogP contribution in [0.2, 0.25) is 5.02 Å². The zero-order valence-electron chi connectivity index (χ0n) is 23.1. The number of non-ortho nitro benzene ring substituents is 1. The summed E-state index contributed by atoms with van der Waals surface area (Å²) in [6.07, 6.45) is 2.96. The van der Waals surface area contributed by atoms with Crippen LogP contribution < -0.4 is 4.90 Å². The molecular weight excluding hydrogens is 586 g/mol. The van der Waals surface area contributed by atoms with E-state index in [2.05, 4.69) is 4.98 Å². The number of esters is 1. The predicted octanol–water partition coefficient (Wildman–Crippen LogP) is 6.04. The SMILES string of the molecule is O=C(COC(=O)c1cc(-c2ccc(N3C(=O)C4C5CCC(C5)C4C3=O)cc2)nc2c(Cl)cccc12)c1cccc([N+](=O)[O-])c1. The first-order valence-corrected chi connectivity index (χ1v) is 14.6. The molecule has 4 atom stereocenters. The van der Waals surface area contributed by atoms with E-state index in [0.717, 1.165) is 25.3 Å². The normalized spacial score (nSPS) is 22.0. The molecule has 2 amide bonds. The Morgan fingerprint density at radius 2 is 1.64 bits per heavy atom. The van der Waals surface area contributed by atoms with Crippen LogP contribution in [-0.4, -0.2) is 40.1 Å². The first kappa shape index (κ1) is 27.8. The van der Waals surface area contributed by atoms with E-state index in [9.17, 15) is 29.3 Å². The Morgan fingerprint density at radius 1 is 0.955 bits per heavy atom. The van der Waals surface area contributed by atoms with Gasteiger partial charge in [-0.25, -0.2) is 9.78 Å². The molecule has 0 spiro atoms. The van der Waals surface area contributed by atoms with Crippen molar-refractivity contribution in [1.82, 2.24) is 4.98 Å². The number of nitro benzene ring substituents is 1. The molecule has 2 saturated carbocycles. The maximum absolute atomic E-state index is 13.3. The number of nitro groups is 1. The number of para-hydroxylation sites is 1. The fourth-order valence-corrected chi connectivity index (χ4v) is 7.28. The molecule has 4 unspecified atom stereocenters. The van der Waals surface area contributed by atoms with Crippen LogP contribution in [0.1, 0.15) is 40.0 Å². The van der Waals surface area contributed by atoms with Gasteiger partial charge >= 0.3 is 5.97 Å². The van der Waals surface area contributed by atoms with Crippen LogP contribution in [0.5, 0.6) is 0 Å². The van der Waals surface area contributed by atoms with Gasteiger partial charge in [-0.2, -0.15) is 0 Å². The topological polar surface area (TPSA) is 137 Å². The third-order valence-electron chi connectivity index (χ3n) is 9.07. The Kier molecular flexibility index (Phi) is 6.73. The van der Waals surface area contributed by atoms with Crippen molar-refractivity contribution in [2.45, 2.75) is 19.3 Å². The number of aromatic nitrogens is 1.